The van der Waals surface area contributed by atoms with Gasteiger partial charge in [-0.3, -0.25) is 9.78 Å². The highest BCUT2D eigenvalue weighted by Gasteiger charge is 2.47. The third-order valence-corrected chi connectivity index (χ3v) is 9.93. The van der Waals surface area contributed by atoms with Gasteiger partial charge >= 0.3 is 0 Å². The average molecular weight is 653 g/mol. The Morgan fingerprint density at radius 1 is 1.09 bits per heavy atom. The van der Waals surface area contributed by atoms with Crippen molar-refractivity contribution in [3.63, 3.8) is 0 Å². The molecule has 2 aliphatic carbocycles. The van der Waals surface area contributed by atoms with Crippen LogP contribution < -0.4 is 4.74 Å². The van der Waals surface area contributed by atoms with Gasteiger partial charge in [0.25, 0.3) is 5.91 Å². The Kier molecular flexibility index (Phi) is 12.2. The molecule has 2 aromatic carbocycles. The van der Waals surface area contributed by atoms with E-state index >= 15 is 0 Å². The first-order valence-corrected chi connectivity index (χ1v) is 17.6. The van der Waals surface area contributed by atoms with Crippen molar-refractivity contribution in [1.29, 1.82) is 0 Å². The van der Waals surface area contributed by atoms with Crippen molar-refractivity contribution in [3.05, 3.63) is 77.1 Å². The van der Waals surface area contributed by atoms with Crippen LogP contribution >= 0.6 is 23.4 Å². The van der Waals surface area contributed by atoms with E-state index < -0.39 is 6.10 Å². The third-order valence-electron chi connectivity index (χ3n) is 8.49. The molecule has 1 aromatic heterocycles. The Balaban J connectivity index is 1.11. The number of halogens is 1. The average Bonchev–Trinajstić information content (AvgIpc) is 4.00. The van der Waals surface area contributed by atoms with E-state index in [0.29, 0.717) is 43.5 Å². The molecule has 2 aliphatic rings. The summed E-state index contributed by atoms with van der Waals surface area (Å²) < 4.78 is 12.9. The maximum Gasteiger partial charge on any atom is 0.251 e. The summed E-state index contributed by atoms with van der Waals surface area (Å²) in [5, 5.41) is 19.6. The first-order valence-electron chi connectivity index (χ1n) is 16.2. The zero-order chi connectivity index (χ0) is 31.6. The highest BCUT2D eigenvalue weighted by atomic mass is 35.5. The molecule has 2 N–H and O–H groups in total. The molecule has 1 heterocycles. The van der Waals surface area contributed by atoms with Gasteiger partial charge in [0.2, 0.25) is 0 Å². The zero-order valence-electron chi connectivity index (χ0n) is 26.1. The normalized spacial score (nSPS) is 15.9. The first kappa shape index (κ1) is 33.7. The van der Waals surface area contributed by atoms with E-state index in [2.05, 4.69) is 41.4 Å². The lowest BCUT2D eigenvalue weighted by Crippen LogP contribution is -2.37. The summed E-state index contributed by atoms with van der Waals surface area (Å²) in [4.78, 5) is 19.6. The van der Waals surface area contributed by atoms with E-state index in [4.69, 9.17) is 26.2 Å². The summed E-state index contributed by atoms with van der Waals surface area (Å²) in [6.07, 6.45) is 11.8. The molecule has 0 saturated heterocycles. The molecule has 5 rings (SSSR count). The number of thioether (sulfide) groups is 1. The van der Waals surface area contributed by atoms with Crippen LogP contribution in [0, 0.1) is 0 Å². The molecule has 2 fully saturated rings. The van der Waals surface area contributed by atoms with Crippen LogP contribution in [0.1, 0.15) is 75.3 Å². The molecular weight excluding hydrogens is 608 g/mol. The minimum Gasteiger partial charge on any atom is -0.490 e. The van der Waals surface area contributed by atoms with Gasteiger partial charge in [0.15, 0.2) is 0 Å². The number of para-hydroxylation sites is 1. The summed E-state index contributed by atoms with van der Waals surface area (Å²) in [7, 11) is 1.74. The smallest absolute Gasteiger partial charge is 0.251 e. The quantitative estimate of drug-likeness (QED) is 0.103. The lowest BCUT2D eigenvalue weighted by molar-refractivity contribution is -0.139. The molecule has 45 heavy (non-hydrogen) atoms. The van der Waals surface area contributed by atoms with Gasteiger partial charge in [0, 0.05) is 53.6 Å². The Labute approximate surface area is 276 Å². The molecule has 0 spiro atoms. The van der Waals surface area contributed by atoms with Gasteiger partial charge in [-0.05, 0) is 105 Å². The largest absolute Gasteiger partial charge is 0.490 e. The van der Waals surface area contributed by atoms with Crippen LogP contribution in [0.15, 0.2) is 65.8 Å². The number of aliphatic hydroxyl groups excluding tert-OH is 2. The van der Waals surface area contributed by atoms with Gasteiger partial charge < -0.3 is 24.6 Å². The predicted molar refractivity (Wildman–Crippen MR) is 180 cm³/mol. The first-order chi connectivity index (χ1) is 21.9. The number of aliphatic hydroxyl groups is 2. The predicted octanol–water partition coefficient (Wildman–Crippen LogP) is 7.39. The molecule has 1 unspecified atom stereocenters. The summed E-state index contributed by atoms with van der Waals surface area (Å²) in [6, 6.07) is 16.5. The summed E-state index contributed by atoms with van der Waals surface area (Å²) >= 11 is 8.43. The SMILES string of the molecule is CN(CCCCCSc1ccc(Cl)c(COC2(c3cnccc3-c3ccccc3OC3CC3)CC2)c1)C(=O)C(O)CCCCO. The number of unbranched alkanes of at least 4 members (excludes halogenated alkanes) is 3. The van der Waals surface area contributed by atoms with Gasteiger partial charge in [-0.1, -0.05) is 36.2 Å². The van der Waals surface area contributed by atoms with Crippen LogP contribution in [-0.2, 0) is 21.7 Å². The van der Waals surface area contributed by atoms with Crippen LogP contribution in [0.2, 0.25) is 5.02 Å². The van der Waals surface area contributed by atoms with Crippen molar-refractivity contribution < 1.29 is 24.5 Å². The number of nitrogens with zero attached hydrogens (tertiary/aromatic N) is 2. The van der Waals surface area contributed by atoms with Gasteiger partial charge in [-0.15, -0.1) is 11.8 Å². The Hall–Kier alpha value is -2.62. The molecule has 1 atom stereocenters. The zero-order valence-corrected chi connectivity index (χ0v) is 27.7. The second-order valence-corrected chi connectivity index (χ2v) is 13.8. The lowest BCUT2D eigenvalue weighted by Gasteiger charge is -2.22. The summed E-state index contributed by atoms with van der Waals surface area (Å²) in [6.45, 7) is 1.14. The number of hydrogen-bond acceptors (Lipinski definition) is 7. The highest BCUT2D eigenvalue weighted by Crippen LogP contribution is 2.53. The number of carbonyl (C=O) groups is 1. The number of aromatic nitrogens is 1. The van der Waals surface area contributed by atoms with Crippen molar-refractivity contribution in [2.75, 3.05) is 26.0 Å². The standard InChI is InChI=1S/C36H45ClN2O5S/c1-39(35(42)33(41)10-5-7-21-40)20-6-2-8-22-45-28-14-15-32(37)26(23-28)25-43-36(17-18-36)31-24-38-19-16-29(31)30-9-3-4-11-34(30)44-27-12-13-27/h3-4,9,11,14-16,19,23-24,27,33,40-41H,2,5-8,10,12-13,17-18,20-22,25H2,1H3. The maximum atomic E-state index is 12.3. The fraction of sp³-hybridized carbons (Fsp3) is 0.500. The number of carbonyl (C=O) groups excluding carboxylic acids is 1. The van der Waals surface area contributed by atoms with Crippen molar-refractivity contribution in [3.8, 4) is 16.9 Å². The van der Waals surface area contributed by atoms with Gasteiger partial charge in [-0.2, -0.15) is 0 Å². The van der Waals surface area contributed by atoms with Crippen LogP contribution in [0.5, 0.6) is 5.75 Å². The fourth-order valence-corrected chi connectivity index (χ4v) is 6.62. The van der Waals surface area contributed by atoms with Crippen LogP contribution in [0.25, 0.3) is 11.1 Å². The summed E-state index contributed by atoms with van der Waals surface area (Å²) in [5.41, 5.74) is 3.89. The van der Waals surface area contributed by atoms with Crippen LogP contribution in [-0.4, -0.2) is 64.2 Å². The minimum atomic E-state index is -0.982. The molecule has 0 radical (unpaired) electrons. The molecule has 3 aromatic rings. The van der Waals surface area contributed by atoms with E-state index in [1.807, 2.05) is 24.5 Å². The maximum absolute atomic E-state index is 12.3. The number of pyridine rings is 1. The number of likely N-dealkylation sites (N-methyl/N-ethyl adjacent to an activating group) is 1. The molecule has 1 amide bonds. The highest BCUT2D eigenvalue weighted by molar-refractivity contribution is 7.99. The van der Waals surface area contributed by atoms with Gasteiger partial charge in [0.1, 0.15) is 11.9 Å². The van der Waals surface area contributed by atoms with Gasteiger partial charge in [0.05, 0.1) is 18.3 Å². The summed E-state index contributed by atoms with van der Waals surface area (Å²) in [5.74, 6) is 1.65. The number of hydrogen-bond donors (Lipinski definition) is 2. The van der Waals surface area contributed by atoms with Gasteiger partial charge in [-0.25, -0.2) is 0 Å². The topological polar surface area (TPSA) is 92.1 Å². The number of benzene rings is 2. The molecule has 7 nitrogen and oxygen atoms in total. The van der Waals surface area contributed by atoms with E-state index in [1.165, 1.54) is 0 Å². The lowest BCUT2D eigenvalue weighted by atomic mass is 9.96. The molecular formula is C36H45ClN2O5S. The number of rotatable bonds is 19. The van der Waals surface area contributed by atoms with E-state index in [1.54, 1.807) is 23.7 Å². The fourth-order valence-electron chi connectivity index (χ4n) is 5.48. The molecule has 9 heteroatoms. The van der Waals surface area contributed by atoms with Crippen LogP contribution in [0.3, 0.4) is 0 Å². The molecule has 0 aliphatic heterocycles. The Morgan fingerprint density at radius 2 is 1.91 bits per heavy atom. The van der Waals surface area contributed by atoms with Crippen molar-refractivity contribution in [2.24, 2.45) is 0 Å². The molecule has 2 saturated carbocycles. The van der Waals surface area contributed by atoms with E-state index in [9.17, 15) is 9.90 Å². The third kappa shape index (κ3) is 9.46. The second kappa shape index (κ2) is 16.3. The Bertz CT molecular complexity index is 1410. The van der Waals surface area contributed by atoms with E-state index in [-0.39, 0.29) is 18.1 Å². The minimum absolute atomic E-state index is 0.0834. The second-order valence-electron chi connectivity index (χ2n) is 12.2. The molecule has 242 valence electrons. The Morgan fingerprint density at radius 3 is 2.69 bits per heavy atom. The van der Waals surface area contributed by atoms with Crippen molar-refractivity contribution in [2.45, 2.75) is 93.5 Å². The molecule has 0 bridgehead atoms. The monoisotopic (exact) mass is 652 g/mol. The van der Waals surface area contributed by atoms with Crippen molar-refractivity contribution in [1.82, 2.24) is 9.88 Å². The van der Waals surface area contributed by atoms with Crippen molar-refractivity contribution >= 4 is 29.3 Å². The van der Waals surface area contributed by atoms with E-state index in [0.717, 1.165) is 83.6 Å². The van der Waals surface area contributed by atoms with Crippen LogP contribution in [0.4, 0.5) is 0 Å². The number of amides is 1. The number of ether oxygens (including phenoxy) is 2.